The van der Waals surface area contributed by atoms with Crippen molar-refractivity contribution in [2.45, 2.75) is 64.4 Å². The van der Waals surface area contributed by atoms with Gasteiger partial charge in [-0.15, -0.1) is 11.3 Å². The lowest BCUT2D eigenvalue weighted by Crippen LogP contribution is -2.19. The van der Waals surface area contributed by atoms with Crippen LogP contribution in [0.2, 0.25) is 0 Å². The van der Waals surface area contributed by atoms with Crippen LogP contribution in [0, 0.1) is 5.92 Å². The van der Waals surface area contributed by atoms with Gasteiger partial charge in [0.15, 0.2) is 5.78 Å². The average Bonchev–Trinajstić information content (AvgIpc) is 2.91. The molecule has 0 aliphatic heterocycles. The number of rotatable bonds is 4. The lowest BCUT2D eigenvalue weighted by molar-refractivity contribution is 0.00542. The highest BCUT2D eigenvalue weighted by Gasteiger charge is 2.31. The summed E-state index contributed by atoms with van der Waals surface area (Å²) in [5, 5.41) is 1.05. The van der Waals surface area contributed by atoms with Crippen LogP contribution < -0.4 is 0 Å². The predicted octanol–water partition coefficient (Wildman–Crippen LogP) is 4.32. The molecule has 0 bridgehead atoms. The molecule has 3 rings (SSSR count). The minimum Gasteiger partial charge on any atom is -0.371 e. The minimum atomic E-state index is 0.115. The number of fused-ring (bicyclic) bond motifs is 1. The maximum atomic E-state index is 12.0. The highest BCUT2D eigenvalue weighted by molar-refractivity contribution is 7.14. The number of carbonyl (C=O) groups excluding carboxylic acids is 1. The third-order valence-corrected chi connectivity index (χ3v) is 5.65. The van der Waals surface area contributed by atoms with E-state index in [4.69, 9.17) is 9.72 Å². The number of carbonyl (C=O) groups is 1. The Kier molecular flexibility index (Phi) is 4.51. The lowest BCUT2D eigenvalue weighted by Gasteiger charge is -2.28. The smallest absolute Gasteiger partial charge is 0.174 e. The second kappa shape index (κ2) is 6.35. The van der Waals surface area contributed by atoms with Gasteiger partial charge in [-0.05, 0) is 38.5 Å². The van der Waals surface area contributed by atoms with E-state index < -0.39 is 0 Å². The van der Waals surface area contributed by atoms with Crippen molar-refractivity contribution in [1.29, 1.82) is 0 Å². The van der Waals surface area contributed by atoms with E-state index in [-0.39, 0.29) is 11.9 Å². The van der Waals surface area contributed by atoms with E-state index >= 15 is 0 Å². The predicted molar refractivity (Wildman–Crippen MR) is 80.3 cm³/mol. The topological polar surface area (TPSA) is 39.2 Å². The third kappa shape index (κ3) is 2.82. The number of hydrogen-bond donors (Lipinski definition) is 0. The number of nitrogens with zero attached hydrogens (tertiary/aromatic N) is 1. The fourth-order valence-corrected chi connectivity index (χ4v) is 4.66. The van der Waals surface area contributed by atoms with Gasteiger partial charge in [0.1, 0.15) is 11.1 Å². The molecule has 110 valence electrons. The number of ketones is 1. The summed E-state index contributed by atoms with van der Waals surface area (Å²) in [7, 11) is 0. The van der Waals surface area contributed by atoms with Crippen LogP contribution in [0.4, 0.5) is 0 Å². The molecule has 1 unspecified atom stereocenters. The van der Waals surface area contributed by atoms with Crippen LogP contribution in [0.1, 0.15) is 78.3 Å². The molecule has 1 atom stereocenters. The fourth-order valence-electron chi connectivity index (χ4n) is 3.43. The number of ether oxygens (including phenoxy) is 1. The number of Topliss-reactive ketones (excluding diaryl/α,β-unsaturated/α-hetero) is 1. The Morgan fingerprint density at radius 3 is 2.75 bits per heavy atom. The summed E-state index contributed by atoms with van der Waals surface area (Å²) in [6.45, 7) is 2.77. The highest BCUT2D eigenvalue weighted by atomic mass is 32.1. The van der Waals surface area contributed by atoms with Crippen molar-refractivity contribution in [3.05, 3.63) is 15.6 Å². The van der Waals surface area contributed by atoms with E-state index in [1.54, 1.807) is 11.3 Å². The molecule has 2 aliphatic carbocycles. The quantitative estimate of drug-likeness (QED) is 0.830. The molecule has 1 aromatic heterocycles. The molecule has 3 nitrogen and oxygen atoms in total. The molecule has 0 radical (unpaired) electrons. The molecule has 2 aliphatic rings. The zero-order valence-corrected chi connectivity index (χ0v) is 13.0. The van der Waals surface area contributed by atoms with Crippen molar-refractivity contribution in [1.82, 2.24) is 4.98 Å². The third-order valence-electron chi connectivity index (χ3n) is 4.45. The van der Waals surface area contributed by atoms with Crippen molar-refractivity contribution < 1.29 is 9.53 Å². The SMILES string of the molecule is CCOC(c1nc2c(s1)C(=O)CCC2)C1CCCCC1. The first-order valence-electron chi connectivity index (χ1n) is 7.94. The molecule has 0 amide bonds. The Labute approximate surface area is 124 Å². The first-order chi connectivity index (χ1) is 9.79. The zero-order chi connectivity index (χ0) is 13.9. The summed E-state index contributed by atoms with van der Waals surface area (Å²) >= 11 is 1.60. The molecule has 0 saturated heterocycles. The maximum absolute atomic E-state index is 12.0. The van der Waals surface area contributed by atoms with E-state index in [0.29, 0.717) is 12.3 Å². The summed E-state index contributed by atoms with van der Waals surface area (Å²) in [6.07, 6.45) is 9.16. The monoisotopic (exact) mass is 293 g/mol. The number of aromatic nitrogens is 1. The summed E-state index contributed by atoms with van der Waals surface area (Å²) in [5.74, 6) is 0.875. The van der Waals surface area contributed by atoms with Crippen LogP contribution in [-0.4, -0.2) is 17.4 Å². The van der Waals surface area contributed by atoms with E-state index in [1.165, 1.54) is 32.1 Å². The Hall–Kier alpha value is -0.740. The number of thiazole rings is 1. The molecule has 0 aromatic carbocycles. The molecule has 0 spiro atoms. The summed E-state index contributed by atoms with van der Waals surface area (Å²) in [4.78, 5) is 17.7. The molecule has 20 heavy (non-hydrogen) atoms. The second-order valence-corrected chi connectivity index (χ2v) is 6.91. The molecule has 1 heterocycles. The average molecular weight is 293 g/mol. The van der Waals surface area contributed by atoms with Gasteiger partial charge in [-0.2, -0.15) is 0 Å². The first kappa shape index (κ1) is 14.2. The van der Waals surface area contributed by atoms with E-state index in [0.717, 1.165) is 35.0 Å². The zero-order valence-electron chi connectivity index (χ0n) is 12.2. The normalized spacial score (nSPS) is 21.8. The fraction of sp³-hybridized carbons (Fsp3) is 0.750. The van der Waals surface area contributed by atoms with Crippen molar-refractivity contribution in [3.8, 4) is 0 Å². The Morgan fingerprint density at radius 2 is 2.05 bits per heavy atom. The van der Waals surface area contributed by atoms with Gasteiger partial charge in [-0.3, -0.25) is 4.79 Å². The minimum absolute atomic E-state index is 0.115. The molecular weight excluding hydrogens is 270 g/mol. The van der Waals surface area contributed by atoms with Gasteiger partial charge in [0, 0.05) is 13.0 Å². The highest BCUT2D eigenvalue weighted by Crippen LogP contribution is 2.40. The van der Waals surface area contributed by atoms with Crippen LogP contribution in [0.25, 0.3) is 0 Å². The second-order valence-electron chi connectivity index (χ2n) is 5.88. The summed E-state index contributed by atoms with van der Waals surface area (Å²) in [5.41, 5.74) is 1.03. The van der Waals surface area contributed by atoms with Gasteiger partial charge in [0.25, 0.3) is 0 Å². The van der Waals surface area contributed by atoms with Crippen LogP contribution in [0.15, 0.2) is 0 Å². The standard InChI is InChI=1S/C16H23NO2S/c1-2-19-14(11-7-4-3-5-8-11)16-17-12-9-6-10-13(18)15(12)20-16/h11,14H,2-10H2,1H3. The van der Waals surface area contributed by atoms with E-state index in [9.17, 15) is 4.79 Å². The maximum Gasteiger partial charge on any atom is 0.174 e. The van der Waals surface area contributed by atoms with Gasteiger partial charge in [0.05, 0.1) is 10.6 Å². The van der Waals surface area contributed by atoms with Gasteiger partial charge < -0.3 is 4.74 Å². The van der Waals surface area contributed by atoms with Gasteiger partial charge in [-0.1, -0.05) is 19.3 Å². The van der Waals surface area contributed by atoms with Crippen molar-refractivity contribution >= 4 is 17.1 Å². The van der Waals surface area contributed by atoms with Crippen molar-refractivity contribution in [2.75, 3.05) is 6.61 Å². The summed E-state index contributed by atoms with van der Waals surface area (Å²) < 4.78 is 6.02. The Morgan fingerprint density at radius 1 is 1.25 bits per heavy atom. The van der Waals surface area contributed by atoms with Crippen LogP contribution in [0.5, 0.6) is 0 Å². The molecule has 1 aromatic rings. The van der Waals surface area contributed by atoms with Gasteiger partial charge >= 0.3 is 0 Å². The number of hydrogen-bond acceptors (Lipinski definition) is 4. The molecule has 1 saturated carbocycles. The first-order valence-corrected chi connectivity index (χ1v) is 8.75. The van der Waals surface area contributed by atoms with E-state index in [2.05, 4.69) is 6.92 Å². The van der Waals surface area contributed by atoms with Crippen molar-refractivity contribution in [2.24, 2.45) is 5.92 Å². The van der Waals surface area contributed by atoms with E-state index in [1.807, 2.05) is 0 Å². The summed E-state index contributed by atoms with van der Waals surface area (Å²) in [6, 6.07) is 0. The van der Waals surface area contributed by atoms with Crippen LogP contribution in [0.3, 0.4) is 0 Å². The molecule has 4 heteroatoms. The lowest BCUT2D eigenvalue weighted by atomic mass is 9.85. The molecule has 0 N–H and O–H groups in total. The van der Waals surface area contributed by atoms with Crippen molar-refractivity contribution in [3.63, 3.8) is 0 Å². The van der Waals surface area contributed by atoms with Gasteiger partial charge in [0.2, 0.25) is 0 Å². The Bertz CT molecular complexity index is 477. The van der Waals surface area contributed by atoms with Crippen LogP contribution in [-0.2, 0) is 11.2 Å². The number of aryl methyl sites for hydroxylation is 1. The molecular formula is C16H23NO2S. The Balaban J connectivity index is 1.85. The largest absolute Gasteiger partial charge is 0.371 e. The molecule has 1 fully saturated rings. The van der Waals surface area contributed by atoms with Gasteiger partial charge in [-0.25, -0.2) is 4.98 Å². The van der Waals surface area contributed by atoms with Crippen LogP contribution >= 0.6 is 11.3 Å².